The maximum absolute atomic E-state index is 10.9. The van der Waals surface area contributed by atoms with E-state index in [9.17, 15) is 4.79 Å². The van der Waals surface area contributed by atoms with Crippen LogP contribution < -0.4 is 0 Å². The summed E-state index contributed by atoms with van der Waals surface area (Å²) in [7, 11) is 0. The topological polar surface area (TPSA) is 17.1 Å². The molecule has 0 aromatic carbocycles. The summed E-state index contributed by atoms with van der Waals surface area (Å²) in [6.07, 6.45) is 2.43. The third kappa shape index (κ3) is 2.04. The normalized spacial score (nSPS) is 21.6. The minimum atomic E-state index is 0.122. The number of halogens is 2. The molecule has 0 heterocycles. The molecule has 1 unspecified atom stereocenters. The smallest absolute Gasteiger partial charge is 0.157 e. The second-order valence-corrected chi connectivity index (χ2v) is 3.89. The molecule has 1 fully saturated rings. The fraction of sp³-hybridized carbons (Fsp3) is 0.833. The van der Waals surface area contributed by atoms with Gasteiger partial charge in [0, 0.05) is 0 Å². The van der Waals surface area contributed by atoms with Crippen molar-refractivity contribution in [2.24, 2.45) is 5.92 Å². The lowest BCUT2D eigenvalue weighted by molar-refractivity contribution is -0.116. The maximum atomic E-state index is 10.9. The number of hydrogen-bond donors (Lipinski definition) is 0. The van der Waals surface area contributed by atoms with Crippen molar-refractivity contribution in [3.63, 3.8) is 0 Å². The number of hydrogen-bond acceptors (Lipinski definition) is 1. The van der Waals surface area contributed by atoms with Crippen molar-refractivity contribution < 1.29 is 4.79 Å². The highest BCUT2D eigenvalue weighted by atomic mass is 79.9. The van der Waals surface area contributed by atoms with Crippen LogP contribution in [0.3, 0.4) is 0 Å². The number of carbonyl (C=O) groups excluding carboxylic acids is 1. The summed E-state index contributed by atoms with van der Waals surface area (Å²) in [5.74, 6) is 0.910. The van der Waals surface area contributed by atoms with Crippen molar-refractivity contribution in [1.29, 1.82) is 0 Å². The fourth-order valence-corrected chi connectivity index (χ4v) is 2.20. The molecule has 52 valence electrons. The molecule has 0 aliphatic heterocycles. The van der Waals surface area contributed by atoms with Crippen molar-refractivity contribution in [3.8, 4) is 0 Å². The first-order chi connectivity index (χ1) is 4.25. The van der Waals surface area contributed by atoms with Gasteiger partial charge in [0.1, 0.15) is 0 Å². The molecule has 1 aliphatic rings. The first-order valence-electron chi connectivity index (χ1n) is 2.98. The molecule has 1 nitrogen and oxygen atoms in total. The highest BCUT2D eigenvalue weighted by Crippen LogP contribution is 2.37. The van der Waals surface area contributed by atoms with Crippen molar-refractivity contribution in [3.05, 3.63) is 0 Å². The zero-order valence-corrected chi connectivity index (χ0v) is 8.11. The van der Waals surface area contributed by atoms with E-state index in [1.807, 2.05) is 0 Å². The van der Waals surface area contributed by atoms with Crippen LogP contribution in [0.5, 0.6) is 0 Å². The van der Waals surface area contributed by atoms with Crippen LogP contribution in [0.15, 0.2) is 0 Å². The predicted octanol–water partition coefficient (Wildman–Crippen LogP) is 2.12. The van der Waals surface area contributed by atoms with E-state index in [-0.39, 0.29) is 10.6 Å². The lowest BCUT2D eigenvalue weighted by Crippen LogP contribution is -2.16. The van der Waals surface area contributed by atoms with Gasteiger partial charge < -0.3 is 0 Å². The Kier molecular flexibility index (Phi) is 2.71. The van der Waals surface area contributed by atoms with Gasteiger partial charge in [0.25, 0.3) is 0 Å². The SMILES string of the molecule is O=C(CBr)C(Br)C1CC1. The first-order valence-corrected chi connectivity index (χ1v) is 5.02. The van der Waals surface area contributed by atoms with Crippen molar-refractivity contribution in [1.82, 2.24) is 0 Å². The van der Waals surface area contributed by atoms with Crippen LogP contribution in [0.4, 0.5) is 0 Å². The summed E-state index contributed by atoms with van der Waals surface area (Å²) in [5, 5.41) is 0.486. The third-order valence-electron chi connectivity index (χ3n) is 1.48. The molecule has 0 radical (unpaired) electrons. The number of carbonyl (C=O) groups is 1. The molecule has 9 heavy (non-hydrogen) atoms. The van der Waals surface area contributed by atoms with E-state index in [4.69, 9.17) is 0 Å². The Hall–Kier alpha value is 0.630. The van der Waals surface area contributed by atoms with Crippen LogP contribution in [-0.4, -0.2) is 15.9 Å². The van der Waals surface area contributed by atoms with Gasteiger partial charge in [0.15, 0.2) is 5.78 Å². The summed E-state index contributed by atoms with van der Waals surface area (Å²) in [6.45, 7) is 0. The van der Waals surface area contributed by atoms with Gasteiger partial charge in [0.2, 0.25) is 0 Å². The van der Waals surface area contributed by atoms with Gasteiger partial charge in [-0.3, -0.25) is 4.79 Å². The van der Waals surface area contributed by atoms with E-state index in [0.717, 1.165) is 0 Å². The van der Waals surface area contributed by atoms with Crippen LogP contribution >= 0.6 is 31.9 Å². The third-order valence-corrected chi connectivity index (χ3v) is 3.29. The highest BCUT2D eigenvalue weighted by molar-refractivity contribution is 9.10. The average Bonchev–Trinajstić information content (AvgIpc) is 2.66. The largest absolute Gasteiger partial charge is 0.297 e. The second-order valence-electron chi connectivity index (χ2n) is 2.34. The predicted molar refractivity (Wildman–Crippen MR) is 44.2 cm³/mol. The van der Waals surface area contributed by atoms with E-state index in [0.29, 0.717) is 11.2 Å². The quantitative estimate of drug-likeness (QED) is 0.707. The standard InChI is InChI=1S/C6H8Br2O/c7-3-5(9)6(8)4-1-2-4/h4,6H,1-3H2. The summed E-state index contributed by atoms with van der Waals surface area (Å²) in [5.41, 5.74) is 0. The molecule has 1 aliphatic carbocycles. The minimum Gasteiger partial charge on any atom is -0.297 e. The van der Waals surface area contributed by atoms with Crippen LogP contribution in [0.2, 0.25) is 0 Å². The lowest BCUT2D eigenvalue weighted by atomic mass is 10.2. The van der Waals surface area contributed by atoms with Gasteiger partial charge >= 0.3 is 0 Å². The number of ketones is 1. The van der Waals surface area contributed by atoms with Crippen LogP contribution in [0, 0.1) is 5.92 Å². The average molecular weight is 256 g/mol. The molecule has 0 saturated heterocycles. The molecule has 0 aromatic heterocycles. The van der Waals surface area contributed by atoms with Gasteiger partial charge in [-0.15, -0.1) is 0 Å². The van der Waals surface area contributed by atoms with Crippen molar-refractivity contribution in [2.45, 2.75) is 17.7 Å². The summed E-state index contributed by atoms with van der Waals surface area (Å²) in [6, 6.07) is 0. The Morgan fingerprint density at radius 2 is 2.22 bits per heavy atom. The minimum absolute atomic E-state index is 0.122. The zero-order valence-electron chi connectivity index (χ0n) is 4.94. The molecular weight excluding hydrogens is 248 g/mol. The Morgan fingerprint density at radius 1 is 1.67 bits per heavy atom. The molecule has 1 saturated carbocycles. The van der Waals surface area contributed by atoms with Crippen molar-refractivity contribution >= 4 is 37.6 Å². The highest BCUT2D eigenvalue weighted by Gasteiger charge is 2.33. The maximum Gasteiger partial charge on any atom is 0.157 e. The molecule has 3 heteroatoms. The molecule has 0 bridgehead atoms. The zero-order chi connectivity index (χ0) is 6.85. The van der Waals surface area contributed by atoms with E-state index in [1.165, 1.54) is 12.8 Å². The van der Waals surface area contributed by atoms with Crippen LogP contribution in [0.25, 0.3) is 0 Å². The Bertz CT molecular complexity index is 120. The number of alkyl halides is 2. The first kappa shape index (κ1) is 7.73. The Morgan fingerprint density at radius 3 is 2.56 bits per heavy atom. The fourth-order valence-electron chi connectivity index (χ4n) is 0.725. The lowest BCUT2D eigenvalue weighted by Gasteiger charge is -2.01. The van der Waals surface area contributed by atoms with E-state index < -0.39 is 0 Å². The van der Waals surface area contributed by atoms with Crippen LogP contribution in [0.1, 0.15) is 12.8 Å². The van der Waals surface area contributed by atoms with Crippen molar-refractivity contribution in [2.75, 3.05) is 5.33 Å². The molecule has 0 N–H and O–H groups in total. The Labute approximate surface area is 71.5 Å². The number of Topliss-reactive ketones (excluding diaryl/α,β-unsaturated/α-hetero) is 1. The summed E-state index contributed by atoms with van der Waals surface area (Å²) in [4.78, 5) is 11.0. The van der Waals surface area contributed by atoms with Gasteiger partial charge in [-0.1, -0.05) is 31.9 Å². The molecule has 0 spiro atoms. The van der Waals surface area contributed by atoms with Gasteiger partial charge in [-0.05, 0) is 18.8 Å². The molecule has 0 amide bonds. The van der Waals surface area contributed by atoms with E-state index >= 15 is 0 Å². The van der Waals surface area contributed by atoms with Gasteiger partial charge in [-0.25, -0.2) is 0 Å². The van der Waals surface area contributed by atoms with E-state index in [1.54, 1.807) is 0 Å². The molecule has 1 atom stereocenters. The van der Waals surface area contributed by atoms with Gasteiger partial charge in [-0.2, -0.15) is 0 Å². The summed E-state index contributed by atoms with van der Waals surface area (Å²) < 4.78 is 0. The van der Waals surface area contributed by atoms with Gasteiger partial charge in [0.05, 0.1) is 10.2 Å². The molecule has 1 rings (SSSR count). The Balaban J connectivity index is 2.30. The molecular formula is C6H8Br2O. The summed E-state index contributed by atoms with van der Waals surface area (Å²) >= 11 is 6.48. The molecule has 0 aromatic rings. The van der Waals surface area contributed by atoms with Crippen LogP contribution in [-0.2, 0) is 4.79 Å². The van der Waals surface area contributed by atoms with E-state index in [2.05, 4.69) is 31.9 Å². The second kappa shape index (κ2) is 3.15. The number of rotatable bonds is 3. The monoisotopic (exact) mass is 254 g/mol.